The Bertz CT molecular complexity index is 436. The Morgan fingerprint density at radius 2 is 1.95 bits per heavy atom. The predicted molar refractivity (Wildman–Crippen MR) is 82.3 cm³/mol. The zero-order valence-electron chi connectivity index (χ0n) is 12.3. The number of hydrogen-bond donors (Lipinski definition) is 0. The fraction of sp³-hybridized carbons (Fsp3) is 0.471. The topological polar surface area (TPSA) is 23.6 Å². The molecule has 0 saturated carbocycles. The minimum absolute atomic E-state index is 0.267. The van der Waals surface area contributed by atoms with Gasteiger partial charge in [-0.2, -0.15) is 0 Å². The molecule has 0 radical (unpaired) electrons. The lowest BCUT2D eigenvalue weighted by atomic mass is 10.2. The van der Waals surface area contributed by atoms with E-state index in [-0.39, 0.29) is 5.91 Å². The van der Waals surface area contributed by atoms with Gasteiger partial charge in [0, 0.05) is 26.2 Å². The molecular formula is C17H24N2O. The predicted octanol–water partition coefficient (Wildman–Crippen LogP) is 2.69. The van der Waals surface area contributed by atoms with E-state index in [0.29, 0.717) is 6.54 Å². The molecule has 0 atom stereocenters. The van der Waals surface area contributed by atoms with Crippen LogP contribution in [0.2, 0.25) is 0 Å². The molecular weight excluding hydrogens is 248 g/mol. The molecule has 1 amide bonds. The number of nitrogens with zero attached hydrogens (tertiary/aromatic N) is 2. The van der Waals surface area contributed by atoms with E-state index < -0.39 is 0 Å². The van der Waals surface area contributed by atoms with Gasteiger partial charge in [-0.1, -0.05) is 42.5 Å². The molecule has 0 aliphatic carbocycles. The summed E-state index contributed by atoms with van der Waals surface area (Å²) in [5.41, 5.74) is 1.26. The van der Waals surface area contributed by atoms with Crippen LogP contribution in [0.3, 0.4) is 0 Å². The van der Waals surface area contributed by atoms with Gasteiger partial charge in [-0.25, -0.2) is 0 Å². The van der Waals surface area contributed by atoms with Crippen molar-refractivity contribution in [3.05, 3.63) is 48.0 Å². The fourth-order valence-corrected chi connectivity index (χ4v) is 2.54. The summed E-state index contributed by atoms with van der Waals surface area (Å²) in [6, 6.07) is 10.3. The zero-order chi connectivity index (χ0) is 14.2. The van der Waals surface area contributed by atoms with Crippen LogP contribution in [0.4, 0.5) is 0 Å². The van der Waals surface area contributed by atoms with Crippen molar-refractivity contribution in [1.82, 2.24) is 9.80 Å². The van der Waals surface area contributed by atoms with E-state index in [2.05, 4.69) is 23.1 Å². The third kappa shape index (κ3) is 4.49. The quantitative estimate of drug-likeness (QED) is 0.743. The molecule has 1 saturated heterocycles. The number of allylic oxidation sites excluding steroid dienone is 1. The van der Waals surface area contributed by atoms with Gasteiger partial charge in [0.25, 0.3) is 0 Å². The summed E-state index contributed by atoms with van der Waals surface area (Å²) in [5.74, 6) is 0.267. The van der Waals surface area contributed by atoms with Crippen LogP contribution >= 0.6 is 0 Å². The number of carbonyl (C=O) groups excluding carboxylic acids is 1. The highest BCUT2D eigenvalue weighted by Gasteiger charge is 2.20. The van der Waals surface area contributed by atoms with E-state index in [1.54, 1.807) is 0 Å². The highest BCUT2D eigenvalue weighted by atomic mass is 16.2. The van der Waals surface area contributed by atoms with Crippen LogP contribution in [0, 0.1) is 0 Å². The van der Waals surface area contributed by atoms with Crippen molar-refractivity contribution < 1.29 is 4.79 Å². The highest BCUT2D eigenvalue weighted by Crippen LogP contribution is 2.10. The van der Waals surface area contributed by atoms with Gasteiger partial charge in [0.15, 0.2) is 0 Å². The average molecular weight is 272 g/mol. The second kappa shape index (κ2) is 7.85. The molecule has 1 aromatic carbocycles. The van der Waals surface area contributed by atoms with E-state index in [0.717, 1.165) is 39.0 Å². The van der Waals surface area contributed by atoms with Crippen LogP contribution in [0.25, 0.3) is 0 Å². The summed E-state index contributed by atoms with van der Waals surface area (Å²) in [7, 11) is 0. The largest absolute Gasteiger partial charge is 0.342 e. The smallest absolute Gasteiger partial charge is 0.236 e. The molecule has 0 spiro atoms. The first-order valence-electron chi connectivity index (χ1n) is 7.45. The molecule has 1 aromatic rings. The zero-order valence-corrected chi connectivity index (χ0v) is 12.3. The molecule has 2 rings (SSSR count). The maximum Gasteiger partial charge on any atom is 0.236 e. The van der Waals surface area contributed by atoms with Crippen molar-refractivity contribution in [2.45, 2.75) is 26.3 Å². The second-order valence-corrected chi connectivity index (χ2v) is 5.31. The van der Waals surface area contributed by atoms with E-state index in [9.17, 15) is 4.79 Å². The molecule has 3 nitrogen and oxygen atoms in total. The summed E-state index contributed by atoms with van der Waals surface area (Å²) in [5, 5.41) is 0. The van der Waals surface area contributed by atoms with E-state index in [1.165, 1.54) is 5.56 Å². The second-order valence-electron chi connectivity index (χ2n) is 5.31. The van der Waals surface area contributed by atoms with Gasteiger partial charge in [-0.05, 0) is 25.3 Å². The maximum atomic E-state index is 12.3. The SMILES string of the molecule is C/C=C\CN(CC(=O)N1CCCC1)Cc1ccccc1. The third-order valence-electron chi connectivity index (χ3n) is 3.67. The molecule has 1 aliphatic heterocycles. The molecule has 20 heavy (non-hydrogen) atoms. The minimum Gasteiger partial charge on any atom is -0.342 e. The number of hydrogen-bond acceptors (Lipinski definition) is 2. The standard InChI is InChI=1S/C17H24N2O/c1-2-3-11-18(14-16-9-5-4-6-10-16)15-17(20)19-12-7-8-13-19/h2-6,9-10H,7-8,11-15H2,1H3/b3-2-. The van der Waals surface area contributed by atoms with Crippen LogP contribution in [-0.4, -0.2) is 41.9 Å². The van der Waals surface area contributed by atoms with Crippen molar-refractivity contribution in [3.8, 4) is 0 Å². The molecule has 108 valence electrons. The Balaban J connectivity index is 1.94. The number of carbonyl (C=O) groups is 1. The number of benzene rings is 1. The Labute approximate surface area is 121 Å². The summed E-state index contributed by atoms with van der Waals surface area (Å²) in [6.07, 6.45) is 6.46. The van der Waals surface area contributed by atoms with Crippen LogP contribution < -0.4 is 0 Å². The number of likely N-dealkylation sites (tertiary alicyclic amines) is 1. The fourth-order valence-electron chi connectivity index (χ4n) is 2.54. The van der Waals surface area contributed by atoms with E-state index in [1.807, 2.05) is 36.1 Å². The lowest BCUT2D eigenvalue weighted by molar-refractivity contribution is -0.131. The van der Waals surface area contributed by atoms with E-state index in [4.69, 9.17) is 0 Å². The summed E-state index contributed by atoms with van der Waals surface area (Å²) < 4.78 is 0. The lowest BCUT2D eigenvalue weighted by Crippen LogP contribution is -2.38. The van der Waals surface area contributed by atoms with Crippen LogP contribution in [0.15, 0.2) is 42.5 Å². The van der Waals surface area contributed by atoms with Crippen molar-refractivity contribution in [2.24, 2.45) is 0 Å². The third-order valence-corrected chi connectivity index (χ3v) is 3.67. The van der Waals surface area contributed by atoms with Crippen molar-refractivity contribution in [2.75, 3.05) is 26.2 Å². The first-order chi connectivity index (χ1) is 9.79. The van der Waals surface area contributed by atoms with Crippen LogP contribution in [0.5, 0.6) is 0 Å². The minimum atomic E-state index is 0.267. The molecule has 0 N–H and O–H groups in total. The molecule has 1 aliphatic rings. The van der Waals surface area contributed by atoms with E-state index >= 15 is 0 Å². The van der Waals surface area contributed by atoms with Crippen molar-refractivity contribution >= 4 is 5.91 Å². The number of rotatable bonds is 6. The summed E-state index contributed by atoms with van der Waals surface area (Å²) in [6.45, 7) is 6.04. The molecule has 3 heteroatoms. The van der Waals surface area contributed by atoms with Gasteiger partial charge in [0.1, 0.15) is 0 Å². The van der Waals surface area contributed by atoms with Gasteiger partial charge in [-0.15, -0.1) is 0 Å². The van der Waals surface area contributed by atoms with Crippen molar-refractivity contribution in [3.63, 3.8) is 0 Å². The van der Waals surface area contributed by atoms with Gasteiger partial charge >= 0.3 is 0 Å². The first-order valence-corrected chi connectivity index (χ1v) is 7.45. The molecule has 1 heterocycles. The van der Waals surface area contributed by atoms with Crippen LogP contribution in [0.1, 0.15) is 25.3 Å². The number of amides is 1. The van der Waals surface area contributed by atoms with Gasteiger partial charge in [-0.3, -0.25) is 9.69 Å². The molecule has 0 aromatic heterocycles. The summed E-state index contributed by atoms with van der Waals surface area (Å²) in [4.78, 5) is 16.5. The Hall–Kier alpha value is -1.61. The van der Waals surface area contributed by atoms with Crippen LogP contribution in [-0.2, 0) is 11.3 Å². The average Bonchev–Trinajstić information content (AvgIpc) is 3.00. The van der Waals surface area contributed by atoms with Gasteiger partial charge < -0.3 is 4.90 Å². The Kier molecular flexibility index (Phi) is 5.81. The Morgan fingerprint density at radius 3 is 2.60 bits per heavy atom. The Morgan fingerprint density at radius 1 is 1.25 bits per heavy atom. The maximum absolute atomic E-state index is 12.3. The van der Waals surface area contributed by atoms with Gasteiger partial charge in [0.2, 0.25) is 5.91 Å². The summed E-state index contributed by atoms with van der Waals surface area (Å²) >= 11 is 0. The molecule has 0 bridgehead atoms. The first kappa shape index (κ1) is 14.8. The van der Waals surface area contributed by atoms with Gasteiger partial charge in [0.05, 0.1) is 6.54 Å². The highest BCUT2D eigenvalue weighted by molar-refractivity contribution is 5.78. The normalized spacial score (nSPS) is 15.4. The molecule has 0 unspecified atom stereocenters. The monoisotopic (exact) mass is 272 g/mol. The lowest BCUT2D eigenvalue weighted by Gasteiger charge is -2.23. The molecule has 1 fully saturated rings. The van der Waals surface area contributed by atoms with Crippen molar-refractivity contribution in [1.29, 1.82) is 0 Å².